The van der Waals surface area contributed by atoms with E-state index in [0.29, 0.717) is 11.5 Å². The first-order valence-electron chi connectivity index (χ1n) is 8.23. The van der Waals surface area contributed by atoms with Gasteiger partial charge in [-0.05, 0) is 42.8 Å². The molecular formula is C18H20N4OS. The summed E-state index contributed by atoms with van der Waals surface area (Å²) in [6, 6.07) is 10.7. The fraction of sp³-hybridized carbons (Fsp3) is 0.333. The van der Waals surface area contributed by atoms with Crippen LogP contribution in [0.15, 0.2) is 36.5 Å². The van der Waals surface area contributed by atoms with Gasteiger partial charge in [-0.3, -0.25) is 9.48 Å². The number of carbonyl (C=O) groups is 1. The van der Waals surface area contributed by atoms with Gasteiger partial charge in [-0.25, -0.2) is 0 Å². The highest BCUT2D eigenvalue weighted by atomic mass is 32.1. The van der Waals surface area contributed by atoms with Gasteiger partial charge in [0.25, 0.3) is 5.91 Å². The zero-order chi connectivity index (χ0) is 16.5. The number of thiophene rings is 1. The number of hydrogen-bond acceptors (Lipinski definition) is 4. The summed E-state index contributed by atoms with van der Waals surface area (Å²) in [4.78, 5) is 12.8. The molecule has 124 valence electrons. The van der Waals surface area contributed by atoms with Crippen LogP contribution in [0.2, 0.25) is 0 Å². The number of benzene rings is 1. The number of hydrogen-bond donors (Lipinski definition) is 2. The SMILES string of the molecule is NC(=O)c1cnn2c1CC(CNCc1cc3ccccc3s1)CC2. The van der Waals surface area contributed by atoms with Crippen molar-refractivity contribution in [3.8, 4) is 0 Å². The van der Waals surface area contributed by atoms with Gasteiger partial charge >= 0.3 is 0 Å². The van der Waals surface area contributed by atoms with Crippen molar-refractivity contribution in [2.24, 2.45) is 11.7 Å². The number of nitrogens with two attached hydrogens (primary N) is 1. The van der Waals surface area contributed by atoms with E-state index >= 15 is 0 Å². The highest BCUT2D eigenvalue weighted by Gasteiger charge is 2.24. The Balaban J connectivity index is 1.36. The molecule has 3 N–H and O–H groups in total. The molecule has 0 spiro atoms. The van der Waals surface area contributed by atoms with Gasteiger partial charge < -0.3 is 11.1 Å². The van der Waals surface area contributed by atoms with Gasteiger partial charge in [-0.2, -0.15) is 5.10 Å². The topological polar surface area (TPSA) is 72.9 Å². The Bertz CT molecular complexity index is 849. The van der Waals surface area contributed by atoms with Gasteiger partial charge in [0.15, 0.2) is 0 Å². The molecule has 1 amide bonds. The molecule has 1 unspecified atom stereocenters. The fourth-order valence-corrected chi connectivity index (χ4v) is 4.44. The lowest BCUT2D eigenvalue weighted by Crippen LogP contribution is -2.30. The average molecular weight is 340 g/mol. The summed E-state index contributed by atoms with van der Waals surface area (Å²) in [6.07, 6.45) is 3.54. The van der Waals surface area contributed by atoms with E-state index in [1.807, 2.05) is 16.0 Å². The number of fused-ring (bicyclic) bond motifs is 2. The van der Waals surface area contributed by atoms with Crippen LogP contribution < -0.4 is 11.1 Å². The minimum absolute atomic E-state index is 0.380. The molecule has 3 aromatic rings. The Labute approximate surface area is 144 Å². The molecule has 0 saturated heterocycles. The normalized spacial score (nSPS) is 17.1. The summed E-state index contributed by atoms with van der Waals surface area (Å²) >= 11 is 1.84. The van der Waals surface area contributed by atoms with E-state index < -0.39 is 0 Å². The van der Waals surface area contributed by atoms with Crippen LogP contribution in [0, 0.1) is 5.92 Å². The highest BCUT2D eigenvalue weighted by molar-refractivity contribution is 7.19. The molecule has 0 bridgehead atoms. The molecule has 6 heteroatoms. The predicted octanol–water partition coefficient (Wildman–Crippen LogP) is 2.55. The zero-order valence-electron chi connectivity index (χ0n) is 13.4. The van der Waals surface area contributed by atoms with E-state index in [1.54, 1.807) is 6.20 Å². The fourth-order valence-electron chi connectivity index (χ4n) is 3.40. The van der Waals surface area contributed by atoms with Gasteiger partial charge in [-0.1, -0.05) is 18.2 Å². The molecular weight excluding hydrogens is 320 g/mol. The van der Waals surface area contributed by atoms with Gasteiger partial charge in [0.2, 0.25) is 0 Å². The van der Waals surface area contributed by atoms with Crippen LogP contribution in [0.5, 0.6) is 0 Å². The molecule has 5 nitrogen and oxygen atoms in total. The predicted molar refractivity (Wildman–Crippen MR) is 96.1 cm³/mol. The van der Waals surface area contributed by atoms with Crippen molar-refractivity contribution >= 4 is 27.3 Å². The maximum absolute atomic E-state index is 11.5. The number of carbonyl (C=O) groups excluding carboxylic acids is 1. The van der Waals surface area contributed by atoms with Crippen LogP contribution in [0.4, 0.5) is 0 Å². The summed E-state index contributed by atoms with van der Waals surface area (Å²) in [7, 11) is 0. The van der Waals surface area contributed by atoms with Crippen molar-refractivity contribution in [3.05, 3.63) is 52.7 Å². The summed E-state index contributed by atoms with van der Waals surface area (Å²) < 4.78 is 3.25. The van der Waals surface area contributed by atoms with Crippen molar-refractivity contribution in [2.45, 2.75) is 25.9 Å². The molecule has 2 aromatic heterocycles. The highest BCUT2D eigenvalue weighted by Crippen LogP contribution is 2.26. The lowest BCUT2D eigenvalue weighted by Gasteiger charge is -2.24. The van der Waals surface area contributed by atoms with Crippen LogP contribution in [-0.2, 0) is 19.5 Å². The third-order valence-corrected chi connectivity index (χ3v) is 5.77. The van der Waals surface area contributed by atoms with Crippen molar-refractivity contribution < 1.29 is 4.79 Å². The summed E-state index contributed by atoms with van der Waals surface area (Å²) in [5, 5.41) is 9.14. The maximum Gasteiger partial charge on any atom is 0.252 e. The van der Waals surface area contributed by atoms with Crippen LogP contribution in [0.3, 0.4) is 0 Å². The molecule has 4 rings (SSSR count). The second-order valence-electron chi connectivity index (χ2n) is 6.33. The Morgan fingerprint density at radius 3 is 3.12 bits per heavy atom. The van der Waals surface area contributed by atoms with E-state index in [2.05, 4.69) is 40.7 Å². The Kier molecular flexibility index (Phi) is 4.08. The minimum atomic E-state index is -0.380. The largest absolute Gasteiger partial charge is 0.365 e. The molecule has 0 aliphatic carbocycles. The van der Waals surface area contributed by atoms with Gasteiger partial charge in [0.05, 0.1) is 17.5 Å². The second kappa shape index (κ2) is 6.37. The quantitative estimate of drug-likeness (QED) is 0.750. The molecule has 1 aromatic carbocycles. The number of aryl methyl sites for hydroxylation is 1. The van der Waals surface area contributed by atoms with E-state index in [4.69, 9.17) is 5.73 Å². The smallest absolute Gasteiger partial charge is 0.252 e. The van der Waals surface area contributed by atoms with Crippen LogP contribution in [-0.4, -0.2) is 22.2 Å². The van der Waals surface area contributed by atoms with Gasteiger partial charge in [0.1, 0.15) is 0 Å². The van der Waals surface area contributed by atoms with E-state index in [1.165, 1.54) is 15.0 Å². The van der Waals surface area contributed by atoms with Gasteiger partial charge in [-0.15, -0.1) is 11.3 Å². The van der Waals surface area contributed by atoms with Crippen LogP contribution in [0.1, 0.15) is 27.3 Å². The lowest BCUT2D eigenvalue weighted by molar-refractivity contribution is 0.0998. The van der Waals surface area contributed by atoms with Crippen LogP contribution >= 0.6 is 11.3 Å². The molecule has 24 heavy (non-hydrogen) atoms. The standard InChI is InChI=1S/C18H20N4OS/c19-18(23)15-11-21-22-6-5-12(7-16(15)22)9-20-10-14-8-13-3-1-2-4-17(13)24-14/h1-4,8,11-12,20H,5-7,9-10H2,(H2,19,23). The Hall–Kier alpha value is -2.18. The third-order valence-electron chi connectivity index (χ3n) is 4.65. The maximum atomic E-state index is 11.5. The number of nitrogens with one attached hydrogen (secondary N) is 1. The molecule has 1 aliphatic rings. The van der Waals surface area contributed by atoms with Crippen LogP contribution in [0.25, 0.3) is 10.1 Å². The molecule has 1 atom stereocenters. The third kappa shape index (κ3) is 2.95. The summed E-state index contributed by atoms with van der Waals surface area (Å²) in [6.45, 7) is 2.69. The van der Waals surface area contributed by atoms with Crippen molar-refractivity contribution in [1.82, 2.24) is 15.1 Å². The van der Waals surface area contributed by atoms with Crippen molar-refractivity contribution in [3.63, 3.8) is 0 Å². The van der Waals surface area contributed by atoms with E-state index in [-0.39, 0.29) is 5.91 Å². The number of amides is 1. The number of primary amides is 1. The first-order valence-corrected chi connectivity index (χ1v) is 9.05. The van der Waals surface area contributed by atoms with E-state index in [0.717, 1.165) is 38.2 Å². The number of nitrogens with zero attached hydrogens (tertiary/aromatic N) is 2. The van der Waals surface area contributed by atoms with Crippen molar-refractivity contribution in [1.29, 1.82) is 0 Å². The zero-order valence-corrected chi connectivity index (χ0v) is 14.2. The molecule has 0 radical (unpaired) electrons. The lowest BCUT2D eigenvalue weighted by atomic mass is 9.94. The molecule has 1 aliphatic heterocycles. The Morgan fingerprint density at radius 2 is 2.29 bits per heavy atom. The molecule has 3 heterocycles. The summed E-state index contributed by atoms with van der Waals surface area (Å²) in [5.41, 5.74) is 7.00. The number of aromatic nitrogens is 2. The first-order chi connectivity index (χ1) is 11.7. The summed E-state index contributed by atoms with van der Waals surface area (Å²) in [5.74, 6) is 0.136. The molecule has 0 fully saturated rings. The average Bonchev–Trinajstić information content (AvgIpc) is 3.17. The first kappa shape index (κ1) is 15.4. The Morgan fingerprint density at radius 1 is 1.42 bits per heavy atom. The monoisotopic (exact) mass is 340 g/mol. The van der Waals surface area contributed by atoms with E-state index in [9.17, 15) is 4.79 Å². The second-order valence-corrected chi connectivity index (χ2v) is 7.50. The van der Waals surface area contributed by atoms with Gasteiger partial charge in [0, 0.05) is 22.7 Å². The molecule has 0 saturated carbocycles. The number of rotatable bonds is 5. The van der Waals surface area contributed by atoms with Crippen molar-refractivity contribution in [2.75, 3.05) is 6.54 Å². The minimum Gasteiger partial charge on any atom is -0.365 e.